The average Bonchev–Trinajstić information content (AvgIpc) is 2.54. The van der Waals surface area contributed by atoms with Crippen LogP contribution in [0.2, 0.25) is 0 Å². The summed E-state index contributed by atoms with van der Waals surface area (Å²) in [4.78, 5) is 36.8. The van der Waals surface area contributed by atoms with Gasteiger partial charge >= 0.3 is 17.9 Å². The first-order valence-corrected chi connectivity index (χ1v) is 10.7. The third-order valence-electron chi connectivity index (χ3n) is 3.30. The Bertz CT molecular complexity index is 629. The van der Waals surface area contributed by atoms with Gasteiger partial charge in [-0.1, -0.05) is 41.5 Å². The average molecular weight is 448 g/mol. The molecule has 0 amide bonds. The molecule has 165 valence electrons. The van der Waals surface area contributed by atoms with Gasteiger partial charge in [-0.25, -0.2) is 0 Å². The van der Waals surface area contributed by atoms with E-state index in [-0.39, 0.29) is 67.1 Å². The van der Waals surface area contributed by atoms with Crippen molar-refractivity contribution in [2.24, 2.45) is 23.7 Å². The first-order chi connectivity index (χ1) is 12.8. The minimum Gasteiger partial charge on any atom is -0.465 e. The number of carbonyl (C=O) groups is 3. The summed E-state index contributed by atoms with van der Waals surface area (Å²) in [5.74, 6) is -5.23. The molecule has 1 radical (unpaired) electrons. The predicted molar refractivity (Wildman–Crippen MR) is 107 cm³/mol. The first-order valence-electron chi connectivity index (χ1n) is 9.20. The molecule has 0 saturated heterocycles. The zero-order chi connectivity index (χ0) is 22.1. The number of rotatable bonds is 12. The van der Waals surface area contributed by atoms with Gasteiger partial charge in [0, 0.05) is 29.6 Å². The third-order valence-corrected chi connectivity index (χ3v) is 4.47. The van der Waals surface area contributed by atoms with Crippen LogP contribution in [0.5, 0.6) is 0 Å². The molecule has 0 heterocycles. The van der Waals surface area contributed by atoms with Crippen molar-refractivity contribution in [2.75, 3.05) is 19.8 Å². The number of ether oxygens (including phenoxy) is 3. The van der Waals surface area contributed by atoms with Crippen molar-refractivity contribution >= 4 is 57.6 Å². The van der Waals surface area contributed by atoms with Crippen molar-refractivity contribution in [3.8, 4) is 0 Å². The van der Waals surface area contributed by atoms with Crippen LogP contribution in [0.25, 0.3) is 0 Å². The van der Waals surface area contributed by atoms with Crippen LogP contribution in [0.15, 0.2) is 0 Å². The molecule has 11 heteroatoms. The third kappa shape index (κ3) is 13.3. The Balaban J connectivity index is 0. The van der Waals surface area contributed by atoms with E-state index in [1.807, 2.05) is 0 Å². The molecule has 0 aromatic heterocycles. The Morgan fingerprint density at radius 1 is 0.759 bits per heavy atom. The second-order valence-corrected chi connectivity index (χ2v) is 9.41. The maximum Gasteiger partial charge on any atom is 0.327 e. The molecule has 2 unspecified atom stereocenters. The van der Waals surface area contributed by atoms with Crippen molar-refractivity contribution < 1.29 is 41.6 Å². The molecule has 1 N–H and O–H groups in total. The zero-order valence-corrected chi connectivity index (χ0v) is 21.2. The van der Waals surface area contributed by atoms with E-state index in [2.05, 4.69) is 0 Å². The molecule has 0 rings (SSSR count). The van der Waals surface area contributed by atoms with E-state index in [9.17, 15) is 27.4 Å². The van der Waals surface area contributed by atoms with Gasteiger partial charge in [0.05, 0.1) is 32.2 Å². The van der Waals surface area contributed by atoms with Gasteiger partial charge in [0.2, 0.25) is 0 Å². The maximum atomic E-state index is 12.4. The van der Waals surface area contributed by atoms with Crippen LogP contribution in [0.1, 0.15) is 48.0 Å². The molecule has 0 aliphatic rings. The topological polar surface area (TPSA) is 133 Å². The predicted octanol–water partition coefficient (Wildman–Crippen LogP) is 1.47. The van der Waals surface area contributed by atoms with Crippen LogP contribution in [0, 0.1) is 23.7 Å². The summed E-state index contributed by atoms with van der Waals surface area (Å²) in [5, 5.41) is -2.28. The van der Waals surface area contributed by atoms with Gasteiger partial charge in [-0.15, -0.1) is 0 Å². The molecule has 0 aliphatic carbocycles. The zero-order valence-electron chi connectivity index (χ0n) is 18.3. The van der Waals surface area contributed by atoms with Crippen molar-refractivity contribution in [1.82, 2.24) is 0 Å². The molecular formula is C18H32NaO9S. The van der Waals surface area contributed by atoms with Crippen LogP contribution in [-0.2, 0) is 38.7 Å². The molecule has 29 heavy (non-hydrogen) atoms. The van der Waals surface area contributed by atoms with Crippen LogP contribution in [0.3, 0.4) is 0 Å². The quantitative estimate of drug-likeness (QED) is 0.204. The van der Waals surface area contributed by atoms with Gasteiger partial charge in [0.1, 0.15) is 0 Å². The van der Waals surface area contributed by atoms with Gasteiger partial charge in [-0.05, 0) is 17.8 Å². The molecule has 2 atom stereocenters. The molecule has 0 saturated carbocycles. The molecule has 9 nitrogen and oxygen atoms in total. The van der Waals surface area contributed by atoms with Crippen LogP contribution < -0.4 is 0 Å². The largest absolute Gasteiger partial charge is 0.465 e. The molecule has 0 aliphatic heterocycles. The standard InChI is InChI=1S/C18H32O9S.Na/c1-11(2)8-25-15(19)7-14(17(20)26-9-12(3)4)16(28(22,23)24)18(21)27-10-13(5)6;/h11-14,16H,7-10H2,1-6H3,(H,22,23,24);. The Morgan fingerprint density at radius 3 is 1.52 bits per heavy atom. The van der Waals surface area contributed by atoms with Gasteiger partial charge in [-0.3, -0.25) is 18.9 Å². The summed E-state index contributed by atoms with van der Waals surface area (Å²) >= 11 is 0. The second kappa shape index (κ2) is 14.3. The summed E-state index contributed by atoms with van der Waals surface area (Å²) in [6.45, 7) is 10.5. The van der Waals surface area contributed by atoms with Gasteiger partial charge < -0.3 is 14.2 Å². The second-order valence-electron chi connectivity index (χ2n) is 7.87. The van der Waals surface area contributed by atoms with E-state index in [0.717, 1.165) is 0 Å². The summed E-state index contributed by atoms with van der Waals surface area (Å²) in [6, 6.07) is 0. The summed E-state index contributed by atoms with van der Waals surface area (Å²) in [6.07, 6.45) is -0.745. The van der Waals surface area contributed by atoms with Crippen molar-refractivity contribution in [2.45, 2.75) is 53.2 Å². The first kappa shape index (κ1) is 30.5. The van der Waals surface area contributed by atoms with Crippen molar-refractivity contribution in [1.29, 1.82) is 0 Å². The van der Waals surface area contributed by atoms with Gasteiger partial charge in [0.25, 0.3) is 10.1 Å². The molecule has 0 aromatic rings. The molecule has 0 aromatic carbocycles. The van der Waals surface area contributed by atoms with E-state index >= 15 is 0 Å². The summed E-state index contributed by atoms with van der Waals surface area (Å²) in [7, 11) is -5.05. The van der Waals surface area contributed by atoms with Crippen LogP contribution in [0.4, 0.5) is 0 Å². The fourth-order valence-electron chi connectivity index (χ4n) is 1.99. The van der Waals surface area contributed by atoms with Crippen LogP contribution in [-0.4, -0.2) is 85.5 Å². The van der Waals surface area contributed by atoms with Gasteiger partial charge in [0.15, 0.2) is 5.25 Å². The van der Waals surface area contributed by atoms with Crippen molar-refractivity contribution in [3.05, 3.63) is 0 Å². The summed E-state index contributed by atoms with van der Waals surface area (Å²) in [5.41, 5.74) is 0. The number of hydrogen-bond acceptors (Lipinski definition) is 8. The molecule has 0 spiro atoms. The van der Waals surface area contributed by atoms with Gasteiger partial charge in [-0.2, -0.15) is 8.42 Å². The Hall–Kier alpha value is -0.680. The molecular weight excluding hydrogens is 415 g/mol. The number of esters is 3. The minimum absolute atomic E-state index is 0. The Kier molecular flexibility index (Phi) is 15.1. The number of carbonyl (C=O) groups excluding carboxylic acids is 3. The van der Waals surface area contributed by atoms with E-state index in [1.54, 1.807) is 41.5 Å². The normalized spacial score (nSPS) is 13.6. The van der Waals surface area contributed by atoms with E-state index < -0.39 is 45.6 Å². The Labute approximate surface area is 195 Å². The van der Waals surface area contributed by atoms with Crippen molar-refractivity contribution in [3.63, 3.8) is 0 Å². The molecule has 0 fully saturated rings. The van der Waals surface area contributed by atoms with E-state index in [1.165, 1.54) is 0 Å². The SMILES string of the molecule is CC(C)COC(=O)CC(C(=O)OCC(C)C)C(C(=O)OCC(C)C)S(=O)(=O)O.[Na]. The smallest absolute Gasteiger partial charge is 0.327 e. The minimum atomic E-state index is -5.05. The molecule has 0 bridgehead atoms. The van der Waals surface area contributed by atoms with Crippen LogP contribution >= 0.6 is 0 Å². The fraction of sp³-hybridized carbons (Fsp3) is 0.833. The monoisotopic (exact) mass is 447 g/mol. The maximum absolute atomic E-state index is 12.4. The fourth-order valence-corrected chi connectivity index (χ4v) is 2.93. The van der Waals surface area contributed by atoms with E-state index in [0.29, 0.717) is 0 Å². The Morgan fingerprint density at radius 2 is 1.14 bits per heavy atom. The number of hydrogen-bond donors (Lipinski definition) is 1. The summed E-state index contributed by atoms with van der Waals surface area (Å²) < 4.78 is 48.1. The van der Waals surface area contributed by atoms with E-state index in [4.69, 9.17) is 14.2 Å².